The van der Waals surface area contributed by atoms with Crippen molar-refractivity contribution < 1.29 is 4.74 Å². The molecule has 1 aromatic rings. The van der Waals surface area contributed by atoms with Crippen LogP contribution in [0.3, 0.4) is 0 Å². The molecule has 0 radical (unpaired) electrons. The molecule has 0 saturated heterocycles. The van der Waals surface area contributed by atoms with E-state index < -0.39 is 5.56 Å². The monoisotopic (exact) mass is 173 g/mol. The fourth-order valence-corrected chi connectivity index (χ4v) is 0.898. The normalized spacial score (nSPS) is 9.55. The lowest BCUT2D eigenvalue weighted by Gasteiger charge is -2.00. The molecule has 0 aliphatic rings. The second-order valence-corrected chi connectivity index (χ2v) is 2.26. The minimum atomic E-state index is -0.422. The van der Waals surface area contributed by atoms with Crippen molar-refractivity contribution in [2.75, 3.05) is 12.8 Å². The Kier molecular flexibility index (Phi) is 1.95. The molecule has 11 heavy (non-hydrogen) atoms. The molecule has 60 valence electrons. The van der Waals surface area contributed by atoms with Gasteiger partial charge < -0.3 is 15.5 Å². The Bertz CT molecular complexity index is 367. The fraction of sp³-hybridized carbons (Fsp3) is 0.200. The number of rotatable bonds is 1. The van der Waals surface area contributed by atoms with E-state index in [9.17, 15) is 4.79 Å². The minimum absolute atomic E-state index is 0.0543. The van der Waals surface area contributed by atoms with Crippen LogP contribution in [0.15, 0.2) is 4.79 Å². The number of anilines is 1. The van der Waals surface area contributed by atoms with Gasteiger partial charge in [-0.1, -0.05) is 0 Å². The molecular formula is C5H7N3O2S. The highest BCUT2D eigenvalue weighted by molar-refractivity contribution is 7.71. The predicted octanol–water partition coefficient (Wildman–Crippen LogP) is 0.0233. The number of nitrogen functional groups attached to an aromatic ring is 1. The third-order valence-electron chi connectivity index (χ3n) is 1.13. The summed E-state index contributed by atoms with van der Waals surface area (Å²) in [5.74, 6) is 0.194. The van der Waals surface area contributed by atoms with Crippen molar-refractivity contribution in [3.8, 4) is 5.75 Å². The van der Waals surface area contributed by atoms with E-state index in [4.69, 9.17) is 5.73 Å². The van der Waals surface area contributed by atoms with Crippen molar-refractivity contribution >= 4 is 18.0 Å². The van der Waals surface area contributed by atoms with Crippen LogP contribution in [-0.2, 0) is 0 Å². The molecular weight excluding hydrogens is 166 g/mol. The van der Waals surface area contributed by atoms with E-state index in [-0.39, 0.29) is 16.3 Å². The summed E-state index contributed by atoms with van der Waals surface area (Å²) in [6.45, 7) is 0. The lowest BCUT2D eigenvalue weighted by Crippen LogP contribution is -2.13. The minimum Gasteiger partial charge on any atom is -0.489 e. The first kappa shape index (κ1) is 7.80. The molecule has 1 rings (SSSR count). The van der Waals surface area contributed by atoms with E-state index in [1.54, 1.807) is 0 Å². The predicted molar refractivity (Wildman–Crippen MR) is 43.2 cm³/mol. The van der Waals surface area contributed by atoms with Gasteiger partial charge in [-0.25, -0.2) is 0 Å². The molecule has 4 N–H and O–H groups in total. The van der Waals surface area contributed by atoms with Crippen LogP contribution in [0, 0.1) is 4.77 Å². The van der Waals surface area contributed by atoms with Gasteiger partial charge in [0.1, 0.15) is 0 Å². The van der Waals surface area contributed by atoms with Crippen LogP contribution >= 0.6 is 12.2 Å². The molecule has 1 heterocycles. The quantitative estimate of drug-likeness (QED) is 0.523. The first-order chi connectivity index (χ1) is 5.15. The number of ether oxygens (including phenoxy) is 1. The summed E-state index contributed by atoms with van der Waals surface area (Å²) >= 11 is 4.65. The number of nitrogens with two attached hydrogens (primary N) is 1. The van der Waals surface area contributed by atoms with Crippen LogP contribution in [0.2, 0.25) is 0 Å². The van der Waals surface area contributed by atoms with E-state index in [0.717, 1.165) is 0 Å². The summed E-state index contributed by atoms with van der Waals surface area (Å²) in [5.41, 5.74) is 4.94. The third kappa shape index (κ3) is 1.40. The molecule has 0 saturated carbocycles. The zero-order valence-corrected chi connectivity index (χ0v) is 6.62. The number of nitrogens with one attached hydrogen (secondary N) is 2. The van der Waals surface area contributed by atoms with Gasteiger partial charge in [0.05, 0.1) is 7.11 Å². The molecule has 0 bridgehead atoms. The molecule has 1 aromatic heterocycles. The maximum Gasteiger partial charge on any atom is 0.296 e. The van der Waals surface area contributed by atoms with E-state index in [2.05, 4.69) is 26.9 Å². The molecule has 5 nitrogen and oxygen atoms in total. The summed E-state index contributed by atoms with van der Waals surface area (Å²) < 4.78 is 4.87. The number of aromatic amines is 2. The zero-order chi connectivity index (χ0) is 8.43. The van der Waals surface area contributed by atoms with E-state index >= 15 is 0 Å². The molecule has 0 aromatic carbocycles. The second kappa shape index (κ2) is 2.75. The first-order valence-corrected chi connectivity index (χ1v) is 3.22. The fourth-order valence-electron chi connectivity index (χ4n) is 0.695. The molecule has 0 amide bonds. The van der Waals surface area contributed by atoms with E-state index in [1.807, 2.05) is 0 Å². The smallest absolute Gasteiger partial charge is 0.296 e. The highest BCUT2D eigenvalue weighted by atomic mass is 32.1. The van der Waals surface area contributed by atoms with Crippen molar-refractivity contribution in [1.29, 1.82) is 0 Å². The van der Waals surface area contributed by atoms with Gasteiger partial charge in [0.25, 0.3) is 5.56 Å². The largest absolute Gasteiger partial charge is 0.489 e. The van der Waals surface area contributed by atoms with Crippen LogP contribution in [0.25, 0.3) is 0 Å². The Balaban J connectivity index is 3.49. The average Bonchev–Trinajstić information content (AvgIpc) is 1.85. The van der Waals surface area contributed by atoms with E-state index in [0.29, 0.717) is 0 Å². The van der Waals surface area contributed by atoms with Gasteiger partial charge >= 0.3 is 0 Å². The van der Waals surface area contributed by atoms with Crippen LogP contribution in [0.4, 0.5) is 5.82 Å². The summed E-state index contributed by atoms with van der Waals surface area (Å²) in [7, 11) is 1.36. The highest BCUT2D eigenvalue weighted by Crippen LogP contribution is 2.08. The van der Waals surface area contributed by atoms with Crippen molar-refractivity contribution in [3.05, 3.63) is 15.1 Å². The van der Waals surface area contributed by atoms with Gasteiger partial charge in [-0.15, -0.1) is 0 Å². The number of methoxy groups -OCH3 is 1. The highest BCUT2D eigenvalue weighted by Gasteiger charge is 2.03. The Morgan fingerprint density at radius 2 is 2.18 bits per heavy atom. The number of hydrogen-bond donors (Lipinski definition) is 3. The van der Waals surface area contributed by atoms with Crippen LogP contribution in [-0.4, -0.2) is 17.1 Å². The Hall–Kier alpha value is -1.30. The molecule has 6 heteroatoms. The van der Waals surface area contributed by atoms with Crippen molar-refractivity contribution in [2.45, 2.75) is 0 Å². The van der Waals surface area contributed by atoms with Crippen LogP contribution < -0.4 is 16.0 Å². The second-order valence-electron chi connectivity index (χ2n) is 1.86. The van der Waals surface area contributed by atoms with Gasteiger partial charge in [-0.05, 0) is 12.2 Å². The van der Waals surface area contributed by atoms with Gasteiger partial charge in [0, 0.05) is 0 Å². The van der Waals surface area contributed by atoms with Gasteiger partial charge in [-0.3, -0.25) is 9.78 Å². The van der Waals surface area contributed by atoms with E-state index in [1.165, 1.54) is 7.11 Å². The topological polar surface area (TPSA) is 83.9 Å². The Morgan fingerprint density at radius 3 is 2.64 bits per heavy atom. The summed E-state index contributed by atoms with van der Waals surface area (Å²) in [6, 6.07) is 0. The molecule has 0 aliphatic heterocycles. The Labute approximate surface area is 67.2 Å². The SMILES string of the molecule is COc1c(N)[nH]c(=S)[nH]c1=O. The van der Waals surface area contributed by atoms with Crippen LogP contribution in [0.1, 0.15) is 0 Å². The maximum atomic E-state index is 10.9. The van der Waals surface area contributed by atoms with Gasteiger partial charge in [0.15, 0.2) is 10.6 Å². The molecule has 0 aliphatic carbocycles. The number of hydrogen-bond acceptors (Lipinski definition) is 4. The van der Waals surface area contributed by atoms with Crippen LogP contribution in [0.5, 0.6) is 5.75 Å². The molecule has 0 spiro atoms. The zero-order valence-electron chi connectivity index (χ0n) is 5.80. The number of aromatic nitrogens is 2. The summed E-state index contributed by atoms with van der Waals surface area (Å²) in [5, 5.41) is 0. The number of H-pyrrole nitrogens is 2. The van der Waals surface area contributed by atoms with Crippen molar-refractivity contribution in [3.63, 3.8) is 0 Å². The lowest BCUT2D eigenvalue weighted by atomic mass is 10.5. The lowest BCUT2D eigenvalue weighted by molar-refractivity contribution is 0.408. The first-order valence-electron chi connectivity index (χ1n) is 2.81. The molecule has 0 atom stereocenters. The summed E-state index contributed by atoms with van der Waals surface area (Å²) in [4.78, 5) is 15.8. The summed E-state index contributed by atoms with van der Waals surface area (Å²) in [6.07, 6.45) is 0. The molecule has 0 fully saturated rings. The van der Waals surface area contributed by atoms with Gasteiger partial charge in [0.2, 0.25) is 5.75 Å². The third-order valence-corrected chi connectivity index (χ3v) is 1.33. The average molecular weight is 173 g/mol. The van der Waals surface area contributed by atoms with Crippen molar-refractivity contribution in [1.82, 2.24) is 9.97 Å². The Morgan fingerprint density at radius 1 is 1.55 bits per heavy atom. The molecule has 0 unspecified atom stereocenters. The van der Waals surface area contributed by atoms with Crippen molar-refractivity contribution in [2.24, 2.45) is 0 Å². The van der Waals surface area contributed by atoms with Gasteiger partial charge in [-0.2, -0.15) is 0 Å². The maximum absolute atomic E-state index is 10.9. The standard InChI is InChI=1S/C5H7N3O2S/c1-10-2-3(6)7-5(11)8-4(2)9/h1H3,(H4,6,7,8,9,11).